The van der Waals surface area contributed by atoms with E-state index in [4.69, 9.17) is 21.4 Å². The first kappa shape index (κ1) is 16.2. The predicted octanol–water partition coefficient (Wildman–Crippen LogP) is 3.71. The average molecular weight is 350 g/mol. The normalized spacial score (nSPS) is 20.4. The fourth-order valence-corrected chi connectivity index (χ4v) is 3.79. The van der Waals surface area contributed by atoms with Gasteiger partial charge in [0, 0.05) is 10.8 Å². The maximum Gasteiger partial charge on any atom is 0.321 e. The molecule has 1 saturated heterocycles. The molecule has 4 nitrogen and oxygen atoms in total. The molecule has 2 N–H and O–H groups in total. The van der Waals surface area contributed by atoms with Gasteiger partial charge in [0.1, 0.15) is 18.4 Å². The van der Waals surface area contributed by atoms with E-state index in [0.29, 0.717) is 17.4 Å². The van der Waals surface area contributed by atoms with Gasteiger partial charge in [-0.3, -0.25) is 10.1 Å². The largest absolute Gasteiger partial charge is 0.489 e. The standard InChI is InChI=1S/C17H16ClNO3S/c18-13-3-1-2-11(8-13)9-22-14-6-4-12(5-7-14)16-19-15(10-23-16)17(20)21/h1-8,15-16,19H,9-10H2,(H,20,21). The summed E-state index contributed by atoms with van der Waals surface area (Å²) in [7, 11) is 0. The Morgan fingerprint density at radius 2 is 2.09 bits per heavy atom. The highest BCUT2D eigenvalue weighted by molar-refractivity contribution is 7.99. The van der Waals surface area contributed by atoms with Crippen molar-refractivity contribution in [3.05, 3.63) is 64.7 Å². The van der Waals surface area contributed by atoms with E-state index < -0.39 is 12.0 Å². The van der Waals surface area contributed by atoms with Crippen LogP contribution in [0.4, 0.5) is 0 Å². The van der Waals surface area contributed by atoms with Gasteiger partial charge in [-0.25, -0.2) is 0 Å². The molecular weight excluding hydrogens is 334 g/mol. The number of benzene rings is 2. The summed E-state index contributed by atoms with van der Waals surface area (Å²) in [6, 6.07) is 14.8. The molecule has 1 heterocycles. The lowest BCUT2D eigenvalue weighted by Crippen LogP contribution is -2.33. The Hall–Kier alpha value is -1.69. The maximum atomic E-state index is 11.0. The number of hydrogen-bond acceptors (Lipinski definition) is 4. The summed E-state index contributed by atoms with van der Waals surface area (Å²) in [5.74, 6) is 0.542. The molecule has 0 saturated carbocycles. The predicted molar refractivity (Wildman–Crippen MR) is 92.0 cm³/mol. The zero-order valence-corrected chi connectivity index (χ0v) is 13.8. The van der Waals surface area contributed by atoms with Crippen molar-refractivity contribution in [2.45, 2.75) is 18.0 Å². The minimum atomic E-state index is -0.804. The number of halogens is 1. The van der Waals surface area contributed by atoms with Crippen LogP contribution in [-0.2, 0) is 11.4 Å². The van der Waals surface area contributed by atoms with Gasteiger partial charge in [0.2, 0.25) is 0 Å². The maximum absolute atomic E-state index is 11.0. The van der Waals surface area contributed by atoms with Crippen molar-refractivity contribution >= 4 is 29.3 Å². The second kappa shape index (κ2) is 7.25. The summed E-state index contributed by atoms with van der Waals surface area (Å²) in [6.07, 6.45) is 0. The van der Waals surface area contributed by atoms with Crippen LogP contribution in [0.3, 0.4) is 0 Å². The fraction of sp³-hybridized carbons (Fsp3) is 0.235. The van der Waals surface area contributed by atoms with Gasteiger partial charge in [0.15, 0.2) is 0 Å². The van der Waals surface area contributed by atoms with Crippen LogP contribution in [0.2, 0.25) is 5.02 Å². The van der Waals surface area contributed by atoms with Crippen molar-refractivity contribution in [2.75, 3.05) is 5.75 Å². The highest BCUT2D eigenvalue weighted by atomic mass is 35.5. The Bertz CT molecular complexity index is 692. The van der Waals surface area contributed by atoms with E-state index in [0.717, 1.165) is 16.9 Å². The second-order valence-corrected chi connectivity index (χ2v) is 6.83. The van der Waals surface area contributed by atoms with Crippen LogP contribution in [0, 0.1) is 0 Å². The van der Waals surface area contributed by atoms with E-state index in [1.54, 1.807) is 11.8 Å². The van der Waals surface area contributed by atoms with Crippen molar-refractivity contribution in [1.29, 1.82) is 0 Å². The molecule has 1 fully saturated rings. The first-order valence-corrected chi connectivity index (χ1v) is 8.62. The molecule has 3 rings (SSSR count). The van der Waals surface area contributed by atoms with Gasteiger partial charge in [-0.15, -0.1) is 11.8 Å². The van der Waals surface area contributed by atoms with Crippen LogP contribution >= 0.6 is 23.4 Å². The summed E-state index contributed by atoms with van der Waals surface area (Å²) < 4.78 is 5.74. The van der Waals surface area contributed by atoms with Crippen molar-refractivity contribution in [1.82, 2.24) is 5.32 Å². The molecule has 0 bridgehead atoms. The number of aliphatic carboxylic acids is 1. The molecule has 23 heavy (non-hydrogen) atoms. The molecule has 0 aromatic heterocycles. The average Bonchev–Trinajstić information content (AvgIpc) is 3.04. The molecule has 2 aromatic rings. The van der Waals surface area contributed by atoms with Crippen LogP contribution in [0.5, 0.6) is 5.75 Å². The van der Waals surface area contributed by atoms with E-state index >= 15 is 0 Å². The van der Waals surface area contributed by atoms with E-state index in [1.165, 1.54) is 0 Å². The first-order valence-electron chi connectivity index (χ1n) is 7.19. The van der Waals surface area contributed by atoms with Crippen molar-refractivity contribution in [2.24, 2.45) is 0 Å². The van der Waals surface area contributed by atoms with Gasteiger partial charge in [-0.2, -0.15) is 0 Å². The van der Waals surface area contributed by atoms with Crippen LogP contribution in [0.25, 0.3) is 0 Å². The summed E-state index contributed by atoms with van der Waals surface area (Å²) in [4.78, 5) is 11.0. The van der Waals surface area contributed by atoms with Gasteiger partial charge in [-0.05, 0) is 35.4 Å². The number of ether oxygens (including phenoxy) is 1. The van der Waals surface area contributed by atoms with Gasteiger partial charge < -0.3 is 9.84 Å². The molecule has 1 aliphatic heterocycles. The lowest BCUT2D eigenvalue weighted by Gasteiger charge is -2.12. The molecule has 0 radical (unpaired) electrons. The SMILES string of the molecule is O=C(O)C1CSC(c2ccc(OCc3cccc(Cl)c3)cc2)N1. The van der Waals surface area contributed by atoms with Crippen LogP contribution in [0.1, 0.15) is 16.5 Å². The minimum absolute atomic E-state index is 0.0121. The van der Waals surface area contributed by atoms with Crippen LogP contribution < -0.4 is 10.1 Å². The number of rotatable bonds is 5. The monoisotopic (exact) mass is 349 g/mol. The molecule has 0 aliphatic carbocycles. The summed E-state index contributed by atoms with van der Waals surface area (Å²) in [5, 5.41) is 12.8. The molecule has 120 valence electrons. The van der Waals surface area contributed by atoms with E-state index in [-0.39, 0.29) is 5.37 Å². The Morgan fingerprint density at radius 3 is 2.74 bits per heavy atom. The molecule has 6 heteroatoms. The number of hydrogen-bond donors (Lipinski definition) is 2. The highest BCUT2D eigenvalue weighted by Gasteiger charge is 2.30. The quantitative estimate of drug-likeness (QED) is 0.861. The molecule has 0 spiro atoms. The number of carboxylic acids is 1. The van der Waals surface area contributed by atoms with Gasteiger partial charge in [0.05, 0.1) is 5.37 Å². The highest BCUT2D eigenvalue weighted by Crippen LogP contribution is 2.33. The lowest BCUT2D eigenvalue weighted by atomic mass is 10.2. The van der Waals surface area contributed by atoms with Crippen molar-refractivity contribution in [3.63, 3.8) is 0 Å². The Kier molecular flexibility index (Phi) is 5.10. The Balaban J connectivity index is 1.58. The number of carbonyl (C=O) groups is 1. The molecule has 2 unspecified atom stereocenters. The molecular formula is C17H16ClNO3S. The fourth-order valence-electron chi connectivity index (χ4n) is 2.34. The van der Waals surface area contributed by atoms with E-state index in [1.807, 2.05) is 48.5 Å². The zero-order valence-electron chi connectivity index (χ0n) is 12.2. The molecule has 0 amide bonds. The van der Waals surface area contributed by atoms with Gasteiger partial charge in [0.25, 0.3) is 0 Å². The lowest BCUT2D eigenvalue weighted by molar-refractivity contribution is -0.138. The molecule has 1 aliphatic rings. The van der Waals surface area contributed by atoms with Gasteiger partial charge >= 0.3 is 5.97 Å². The van der Waals surface area contributed by atoms with Crippen LogP contribution in [0.15, 0.2) is 48.5 Å². The van der Waals surface area contributed by atoms with Crippen LogP contribution in [-0.4, -0.2) is 22.9 Å². The van der Waals surface area contributed by atoms with E-state index in [2.05, 4.69) is 5.32 Å². The Labute approximate surface area is 143 Å². The topological polar surface area (TPSA) is 58.6 Å². The summed E-state index contributed by atoms with van der Waals surface area (Å²) >= 11 is 7.55. The third-order valence-electron chi connectivity index (χ3n) is 3.56. The van der Waals surface area contributed by atoms with Crippen molar-refractivity contribution < 1.29 is 14.6 Å². The molecule has 2 aromatic carbocycles. The number of thioether (sulfide) groups is 1. The first-order chi connectivity index (χ1) is 11.1. The smallest absolute Gasteiger partial charge is 0.321 e. The summed E-state index contributed by atoms with van der Waals surface area (Å²) in [5.41, 5.74) is 2.06. The van der Waals surface area contributed by atoms with Gasteiger partial charge in [-0.1, -0.05) is 35.9 Å². The zero-order chi connectivity index (χ0) is 16.2. The summed E-state index contributed by atoms with van der Waals surface area (Å²) in [6.45, 7) is 0.456. The Morgan fingerprint density at radius 1 is 1.30 bits per heavy atom. The van der Waals surface area contributed by atoms with Crippen molar-refractivity contribution in [3.8, 4) is 5.75 Å². The number of nitrogens with one attached hydrogen (secondary N) is 1. The molecule has 2 atom stereocenters. The third kappa shape index (κ3) is 4.19. The second-order valence-electron chi connectivity index (χ2n) is 5.26. The van der Waals surface area contributed by atoms with E-state index in [9.17, 15) is 4.79 Å². The number of carboxylic acid groups (broad SMARTS) is 1. The minimum Gasteiger partial charge on any atom is -0.489 e. The third-order valence-corrected chi connectivity index (χ3v) is 5.06.